The van der Waals surface area contributed by atoms with E-state index >= 15 is 0 Å². The monoisotopic (exact) mass is 1050 g/mol. The minimum atomic E-state index is -1.94. The van der Waals surface area contributed by atoms with Crippen molar-refractivity contribution in [2.75, 3.05) is 13.2 Å². The lowest BCUT2D eigenvalue weighted by atomic mass is 9.98. The van der Waals surface area contributed by atoms with Crippen LogP contribution in [-0.4, -0.2) is 89.2 Å². The molecule has 0 aromatic rings. The SMILES string of the molecule is CC/C=C\C/C=C\C/C=C\C/C=C\CCC(=O)OC1C(OCC(COC(=O)CCCCCCCCC/C=C\C/C=C\C/C=C\CC)OC(=O)CCCCCCC/C=C\C/C=C\C/C=C\CC)OC(C(=O)O)C(O)C1O. The summed E-state index contributed by atoms with van der Waals surface area (Å²) in [5, 5.41) is 31.4. The van der Waals surface area contributed by atoms with Gasteiger partial charge in [-0.05, 0) is 109 Å². The van der Waals surface area contributed by atoms with Gasteiger partial charge in [0.25, 0.3) is 0 Å². The molecule has 1 heterocycles. The molecule has 75 heavy (non-hydrogen) atoms. The third-order valence-electron chi connectivity index (χ3n) is 12.0. The molecule has 0 amide bonds. The lowest BCUT2D eigenvalue weighted by Crippen LogP contribution is -2.61. The predicted molar refractivity (Wildman–Crippen MR) is 303 cm³/mol. The second-order valence-electron chi connectivity index (χ2n) is 18.8. The summed E-state index contributed by atoms with van der Waals surface area (Å²) >= 11 is 0. The van der Waals surface area contributed by atoms with Crippen LogP contribution < -0.4 is 0 Å². The maximum Gasteiger partial charge on any atom is 0.335 e. The van der Waals surface area contributed by atoms with Gasteiger partial charge in [0, 0.05) is 19.3 Å². The van der Waals surface area contributed by atoms with Gasteiger partial charge in [0.2, 0.25) is 0 Å². The number of carbonyl (C=O) groups excluding carboxylic acids is 3. The maximum absolute atomic E-state index is 13.1. The summed E-state index contributed by atoms with van der Waals surface area (Å²) in [6.45, 7) is 5.57. The number of esters is 3. The molecule has 0 aliphatic carbocycles. The molecular formula is C63H98O12. The molecule has 1 saturated heterocycles. The molecule has 0 aromatic carbocycles. The van der Waals surface area contributed by atoms with Crippen molar-refractivity contribution in [3.63, 3.8) is 0 Å². The second-order valence-corrected chi connectivity index (χ2v) is 18.8. The van der Waals surface area contributed by atoms with E-state index in [1.807, 2.05) is 18.2 Å². The van der Waals surface area contributed by atoms with Crippen LogP contribution in [0.2, 0.25) is 0 Å². The molecule has 1 rings (SSSR count). The van der Waals surface area contributed by atoms with Gasteiger partial charge in [-0.25, -0.2) is 4.79 Å². The number of rotatable bonds is 46. The Hall–Kier alpha value is -4.88. The number of hydrogen-bond donors (Lipinski definition) is 3. The summed E-state index contributed by atoms with van der Waals surface area (Å²) in [4.78, 5) is 51.0. The fourth-order valence-electron chi connectivity index (χ4n) is 7.76. The first-order valence-corrected chi connectivity index (χ1v) is 28.5. The lowest BCUT2D eigenvalue weighted by molar-refractivity contribution is -0.301. The minimum Gasteiger partial charge on any atom is -0.479 e. The van der Waals surface area contributed by atoms with Crippen LogP contribution in [0.4, 0.5) is 0 Å². The molecular weight excluding hydrogens is 949 g/mol. The fraction of sp³-hybridized carbons (Fsp3) is 0.619. The van der Waals surface area contributed by atoms with Crippen LogP contribution >= 0.6 is 0 Å². The van der Waals surface area contributed by atoms with E-state index in [2.05, 4.69) is 124 Å². The highest BCUT2D eigenvalue weighted by atomic mass is 16.7. The smallest absolute Gasteiger partial charge is 0.335 e. The Kier molecular flexibility index (Phi) is 45.4. The Morgan fingerprint density at radius 2 is 0.827 bits per heavy atom. The van der Waals surface area contributed by atoms with Crippen LogP contribution in [0.25, 0.3) is 0 Å². The first-order valence-electron chi connectivity index (χ1n) is 28.5. The average molecular weight is 1050 g/mol. The zero-order chi connectivity index (χ0) is 54.7. The van der Waals surface area contributed by atoms with E-state index in [0.29, 0.717) is 25.7 Å². The van der Waals surface area contributed by atoms with Crippen molar-refractivity contribution in [3.8, 4) is 0 Å². The van der Waals surface area contributed by atoms with E-state index < -0.39 is 67.3 Å². The van der Waals surface area contributed by atoms with Crippen molar-refractivity contribution in [1.82, 2.24) is 0 Å². The summed E-state index contributed by atoms with van der Waals surface area (Å²) < 4.78 is 28.3. The summed E-state index contributed by atoms with van der Waals surface area (Å²) in [5.41, 5.74) is 0. The highest BCUT2D eigenvalue weighted by Gasteiger charge is 2.50. The van der Waals surface area contributed by atoms with Gasteiger partial charge in [-0.15, -0.1) is 0 Å². The van der Waals surface area contributed by atoms with Gasteiger partial charge in [-0.3, -0.25) is 14.4 Å². The van der Waals surface area contributed by atoms with Gasteiger partial charge >= 0.3 is 23.9 Å². The molecule has 12 nitrogen and oxygen atoms in total. The standard InChI is InChI=1S/C63H98O12/c1-4-7-10-13-16-19-22-25-27-28-30-32-34-37-40-43-46-49-55(64)71-52-54(73-56(65)50-47-44-41-38-36-33-29-26-23-20-17-14-11-8-5-2)53-72-63-61(59(68)58(67)60(75-63)62(69)70)74-57(66)51-48-45-42-39-35-31-24-21-18-15-12-9-6-3/h7-12,16-21,25-27,29,31,35,42,45,54,58-61,63,67-68H,4-6,13-15,22-24,28,30,32-34,36-41,43-44,46-53H2,1-3H3,(H,69,70)/b10-7-,11-8-,12-9-,19-16-,20-17-,21-18-,27-25-,29-26-,35-31-,45-42-. The third kappa shape index (κ3) is 40.1. The largest absolute Gasteiger partial charge is 0.479 e. The molecule has 1 aliphatic rings. The zero-order valence-electron chi connectivity index (χ0n) is 46.2. The van der Waals surface area contributed by atoms with Crippen molar-refractivity contribution in [2.24, 2.45) is 0 Å². The minimum absolute atomic E-state index is 0.0699. The third-order valence-corrected chi connectivity index (χ3v) is 12.0. The van der Waals surface area contributed by atoms with Gasteiger partial charge in [0.15, 0.2) is 24.6 Å². The molecule has 3 N–H and O–H groups in total. The molecule has 6 unspecified atom stereocenters. The molecule has 0 radical (unpaired) electrons. The molecule has 422 valence electrons. The van der Waals surface area contributed by atoms with Crippen LogP contribution in [0.15, 0.2) is 122 Å². The number of carboxylic acid groups (broad SMARTS) is 1. The van der Waals surface area contributed by atoms with Crippen molar-refractivity contribution in [2.45, 2.75) is 237 Å². The molecule has 0 bridgehead atoms. The topological polar surface area (TPSA) is 175 Å². The molecule has 0 aromatic heterocycles. The van der Waals surface area contributed by atoms with Crippen molar-refractivity contribution < 1.29 is 58.2 Å². The van der Waals surface area contributed by atoms with E-state index in [1.54, 1.807) is 0 Å². The van der Waals surface area contributed by atoms with Gasteiger partial charge in [-0.1, -0.05) is 194 Å². The van der Waals surface area contributed by atoms with Crippen LogP contribution in [0, 0.1) is 0 Å². The van der Waals surface area contributed by atoms with E-state index in [-0.39, 0.29) is 25.9 Å². The Balaban J connectivity index is 2.76. The number of aliphatic carboxylic acids is 1. The molecule has 0 saturated carbocycles. The summed E-state index contributed by atoms with van der Waals surface area (Å²) in [5.74, 6) is -3.28. The number of carboxylic acids is 1. The number of aliphatic hydroxyl groups is 2. The van der Waals surface area contributed by atoms with Crippen LogP contribution in [0.1, 0.15) is 201 Å². The Morgan fingerprint density at radius 1 is 0.440 bits per heavy atom. The second kappa shape index (κ2) is 50.0. The summed E-state index contributed by atoms with van der Waals surface area (Å²) in [6.07, 6.45) is 56.2. The quantitative estimate of drug-likeness (QED) is 0.0228. The number of allylic oxidation sites excluding steroid dienone is 20. The normalized spacial score (nSPS) is 19.1. The van der Waals surface area contributed by atoms with Gasteiger partial charge in [0.05, 0.1) is 6.61 Å². The Bertz CT molecular complexity index is 1770. The summed E-state index contributed by atoms with van der Waals surface area (Å²) in [7, 11) is 0. The van der Waals surface area contributed by atoms with Crippen molar-refractivity contribution in [1.29, 1.82) is 0 Å². The van der Waals surface area contributed by atoms with Crippen molar-refractivity contribution >= 4 is 23.9 Å². The number of unbranched alkanes of at least 4 members (excludes halogenated alkanes) is 12. The highest BCUT2D eigenvalue weighted by Crippen LogP contribution is 2.26. The van der Waals surface area contributed by atoms with E-state index in [1.165, 1.54) is 6.42 Å². The molecule has 12 heteroatoms. The highest BCUT2D eigenvalue weighted by molar-refractivity contribution is 5.74. The Labute approximate surface area is 452 Å². The molecule has 1 fully saturated rings. The van der Waals surface area contributed by atoms with Crippen LogP contribution in [0.3, 0.4) is 0 Å². The zero-order valence-corrected chi connectivity index (χ0v) is 46.2. The molecule has 6 atom stereocenters. The van der Waals surface area contributed by atoms with Crippen LogP contribution in [0.5, 0.6) is 0 Å². The number of hydrogen-bond acceptors (Lipinski definition) is 11. The first kappa shape index (κ1) is 68.1. The van der Waals surface area contributed by atoms with Gasteiger partial charge in [0.1, 0.15) is 18.8 Å². The maximum atomic E-state index is 13.1. The lowest BCUT2D eigenvalue weighted by Gasteiger charge is -2.40. The van der Waals surface area contributed by atoms with E-state index in [9.17, 15) is 34.5 Å². The van der Waals surface area contributed by atoms with Crippen molar-refractivity contribution in [3.05, 3.63) is 122 Å². The number of aliphatic hydroxyl groups excluding tert-OH is 2. The molecule has 0 spiro atoms. The van der Waals surface area contributed by atoms with Gasteiger partial charge < -0.3 is 39.0 Å². The van der Waals surface area contributed by atoms with Crippen LogP contribution in [-0.2, 0) is 42.9 Å². The summed E-state index contributed by atoms with van der Waals surface area (Å²) in [6, 6.07) is 0. The van der Waals surface area contributed by atoms with Gasteiger partial charge in [-0.2, -0.15) is 0 Å². The fourth-order valence-corrected chi connectivity index (χ4v) is 7.76. The Morgan fingerprint density at radius 3 is 1.27 bits per heavy atom. The van der Waals surface area contributed by atoms with E-state index in [4.69, 9.17) is 23.7 Å². The predicted octanol–water partition coefficient (Wildman–Crippen LogP) is 14.4. The molecule has 1 aliphatic heterocycles. The average Bonchev–Trinajstić information content (AvgIpc) is 3.39. The van der Waals surface area contributed by atoms with E-state index in [0.717, 1.165) is 128 Å². The number of carbonyl (C=O) groups is 4. The first-order chi connectivity index (χ1) is 36.6. The number of ether oxygens (including phenoxy) is 5.